The molecule has 188 valence electrons. The van der Waals surface area contributed by atoms with Crippen molar-refractivity contribution in [2.45, 2.75) is 78.5 Å². The highest BCUT2D eigenvalue weighted by Crippen LogP contribution is 2.35. The number of nitrogens with zero attached hydrogens (tertiary/aromatic N) is 1. The molecule has 1 unspecified atom stereocenters. The number of rotatable bonds is 7. The van der Waals surface area contributed by atoms with E-state index in [1.165, 1.54) is 0 Å². The first kappa shape index (κ1) is 26.3. The Hall–Kier alpha value is -3.35. The first-order chi connectivity index (χ1) is 16.5. The molecule has 0 saturated heterocycles. The highest BCUT2D eigenvalue weighted by Gasteiger charge is 2.39. The molecule has 2 aromatic rings. The van der Waals surface area contributed by atoms with Crippen LogP contribution in [0.25, 0.3) is 0 Å². The standard InChI is InChI=1S/C28H37N3O4/c1-18-14-15-19(2)22(16-18)25(26(33)30-23-13-8-7-10-20(23)3)31(21-11-9-12-21)24(32)17-29-27(34)35-28(4,5)6/h7-8,10,13-16,21,25H,9,11-12,17H2,1-6H3,(H,29,34)(H,30,33). The molecule has 7 heteroatoms. The van der Waals surface area contributed by atoms with Gasteiger partial charge in [-0.3, -0.25) is 9.59 Å². The summed E-state index contributed by atoms with van der Waals surface area (Å²) in [5, 5.41) is 5.61. The lowest BCUT2D eigenvalue weighted by Gasteiger charge is -2.42. The lowest BCUT2D eigenvalue weighted by atomic mass is 9.87. The Kier molecular flexibility index (Phi) is 8.20. The van der Waals surface area contributed by atoms with Crippen molar-refractivity contribution in [3.8, 4) is 0 Å². The monoisotopic (exact) mass is 479 g/mol. The topological polar surface area (TPSA) is 87.7 Å². The molecule has 1 atom stereocenters. The maximum atomic E-state index is 13.8. The molecule has 0 spiro atoms. The fourth-order valence-electron chi connectivity index (χ4n) is 4.16. The number of benzene rings is 2. The zero-order valence-corrected chi connectivity index (χ0v) is 21.6. The number of hydrogen-bond acceptors (Lipinski definition) is 4. The molecule has 1 aliphatic rings. The Morgan fingerprint density at radius 1 is 1.03 bits per heavy atom. The van der Waals surface area contributed by atoms with Gasteiger partial charge in [-0.1, -0.05) is 42.0 Å². The smallest absolute Gasteiger partial charge is 0.408 e. The summed E-state index contributed by atoms with van der Waals surface area (Å²) in [5.41, 5.74) is 3.70. The molecule has 1 saturated carbocycles. The van der Waals surface area contributed by atoms with Crippen molar-refractivity contribution >= 4 is 23.6 Å². The summed E-state index contributed by atoms with van der Waals surface area (Å²) >= 11 is 0. The number of carbonyl (C=O) groups is 3. The van der Waals surface area contributed by atoms with Crippen LogP contribution in [0.3, 0.4) is 0 Å². The third-order valence-corrected chi connectivity index (χ3v) is 6.20. The fraction of sp³-hybridized carbons (Fsp3) is 0.464. The second kappa shape index (κ2) is 10.9. The van der Waals surface area contributed by atoms with Crippen LogP contribution in [0.15, 0.2) is 42.5 Å². The summed E-state index contributed by atoms with van der Waals surface area (Å²) in [6.45, 7) is 10.9. The van der Waals surface area contributed by atoms with Gasteiger partial charge >= 0.3 is 6.09 Å². The van der Waals surface area contributed by atoms with Gasteiger partial charge in [0.05, 0.1) is 0 Å². The summed E-state index contributed by atoms with van der Waals surface area (Å²) in [6, 6.07) is 12.6. The van der Waals surface area contributed by atoms with Crippen molar-refractivity contribution in [2.24, 2.45) is 0 Å². The maximum Gasteiger partial charge on any atom is 0.408 e. The average Bonchev–Trinajstić information content (AvgIpc) is 2.73. The Balaban J connectivity index is 1.95. The normalized spacial score (nSPS) is 14.5. The molecule has 0 aliphatic heterocycles. The van der Waals surface area contributed by atoms with Crippen LogP contribution >= 0.6 is 0 Å². The highest BCUT2D eigenvalue weighted by atomic mass is 16.6. The first-order valence-corrected chi connectivity index (χ1v) is 12.2. The van der Waals surface area contributed by atoms with Gasteiger partial charge in [-0.2, -0.15) is 0 Å². The lowest BCUT2D eigenvalue weighted by Crippen LogP contribution is -2.53. The number of amides is 3. The quantitative estimate of drug-likeness (QED) is 0.572. The van der Waals surface area contributed by atoms with Crippen molar-refractivity contribution in [3.05, 3.63) is 64.7 Å². The van der Waals surface area contributed by atoms with E-state index in [4.69, 9.17) is 4.74 Å². The van der Waals surface area contributed by atoms with E-state index >= 15 is 0 Å². The molecular formula is C28H37N3O4. The molecule has 35 heavy (non-hydrogen) atoms. The summed E-state index contributed by atoms with van der Waals surface area (Å²) in [4.78, 5) is 41.3. The Morgan fingerprint density at radius 3 is 2.31 bits per heavy atom. The first-order valence-electron chi connectivity index (χ1n) is 12.2. The molecule has 3 amide bonds. The number of alkyl carbamates (subject to hydrolysis) is 1. The van der Waals surface area contributed by atoms with Gasteiger partial charge in [0, 0.05) is 11.7 Å². The predicted molar refractivity (Wildman–Crippen MR) is 137 cm³/mol. The van der Waals surface area contributed by atoms with Crippen LogP contribution in [0.4, 0.5) is 10.5 Å². The van der Waals surface area contributed by atoms with Gasteiger partial charge in [-0.25, -0.2) is 4.79 Å². The van der Waals surface area contributed by atoms with Gasteiger partial charge < -0.3 is 20.3 Å². The molecule has 2 aromatic carbocycles. The van der Waals surface area contributed by atoms with E-state index in [-0.39, 0.29) is 24.4 Å². The van der Waals surface area contributed by atoms with Gasteiger partial charge in [0.15, 0.2) is 0 Å². The zero-order chi connectivity index (χ0) is 25.8. The van der Waals surface area contributed by atoms with Crippen molar-refractivity contribution in [3.63, 3.8) is 0 Å². The van der Waals surface area contributed by atoms with E-state index in [0.717, 1.165) is 41.5 Å². The molecule has 0 aromatic heterocycles. The molecular weight excluding hydrogens is 442 g/mol. The second-order valence-electron chi connectivity index (χ2n) is 10.3. The molecule has 7 nitrogen and oxygen atoms in total. The fourth-order valence-corrected chi connectivity index (χ4v) is 4.16. The third-order valence-electron chi connectivity index (χ3n) is 6.20. The largest absolute Gasteiger partial charge is 0.444 e. The van der Waals surface area contributed by atoms with Crippen LogP contribution in [-0.4, -0.2) is 41.0 Å². The van der Waals surface area contributed by atoms with Gasteiger partial charge in [-0.15, -0.1) is 0 Å². The van der Waals surface area contributed by atoms with Crippen molar-refractivity contribution in [1.29, 1.82) is 0 Å². The van der Waals surface area contributed by atoms with E-state index < -0.39 is 17.7 Å². The number of para-hydroxylation sites is 1. The third kappa shape index (κ3) is 6.84. The number of aryl methyl sites for hydroxylation is 3. The van der Waals surface area contributed by atoms with Crippen LogP contribution in [0.5, 0.6) is 0 Å². The van der Waals surface area contributed by atoms with Crippen molar-refractivity contribution in [2.75, 3.05) is 11.9 Å². The van der Waals surface area contributed by atoms with Gasteiger partial charge in [0.1, 0.15) is 18.2 Å². The van der Waals surface area contributed by atoms with E-state index in [2.05, 4.69) is 10.6 Å². The Bertz CT molecular complexity index is 1090. The highest BCUT2D eigenvalue weighted by molar-refractivity contribution is 5.99. The van der Waals surface area contributed by atoms with Gasteiger partial charge in [0.25, 0.3) is 5.91 Å². The molecule has 2 N–H and O–H groups in total. The number of carbonyl (C=O) groups excluding carboxylic acids is 3. The predicted octanol–water partition coefficient (Wildman–Crippen LogP) is 5.20. The number of hydrogen-bond donors (Lipinski definition) is 2. The van der Waals surface area contributed by atoms with Crippen LogP contribution in [-0.2, 0) is 14.3 Å². The average molecular weight is 480 g/mol. The minimum atomic E-state index is -0.826. The van der Waals surface area contributed by atoms with E-state index in [1.54, 1.807) is 25.7 Å². The molecule has 0 radical (unpaired) electrons. The summed E-state index contributed by atoms with van der Waals surface area (Å²) in [6.07, 6.45) is 1.97. The number of nitrogens with one attached hydrogen (secondary N) is 2. The number of anilines is 1. The van der Waals surface area contributed by atoms with Crippen LogP contribution in [0, 0.1) is 20.8 Å². The van der Waals surface area contributed by atoms with Crippen LogP contribution < -0.4 is 10.6 Å². The van der Waals surface area contributed by atoms with E-state index in [0.29, 0.717) is 5.69 Å². The summed E-state index contributed by atoms with van der Waals surface area (Å²) < 4.78 is 5.29. The van der Waals surface area contributed by atoms with E-state index in [9.17, 15) is 14.4 Å². The SMILES string of the molecule is Cc1ccc(C)c(C(C(=O)Nc2ccccc2C)N(C(=O)CNC(=O)OC(C)(C)C)C2CCC2)c1. The van der Waals surface area contributed by atoms with Crippen molar-refractivity contribution in [1.82, 2.24) is 10.2 Å². The van der Waals surface area contributed by atoms with Gasteiger partial charge in [-0.05, 0) is 83.6 Å². The number of ether oxygens (including phenoxy) is 1. The minimum absolute atomic E-state index is 0.0736. The molecule has 3 rings (SSSR count). The Morgan fingerprint density at radius 2 is 1.71 bits per heavy atom. The Labute approximate surface area is 208 Å². The summed E-state index contributed by atoms with van der Waals surface area (Å²) in [5.74, 6) is -0.586. The second-order valence-corrected chi connectivity index (χ2v) is 10.3. The zero-order valence-electron chi connectivity index (χ0n) is 21.6. The van der Waals surface area contributed by atoms with Crippen molar-refractivity contribution < 1.29 is 19.1 Å². The molecule has 1 fully saturated rings. The minimum Gasteiger partial charge on any atom is -0.444 e. The summed E-state index contributed by atoms with van der Waals surface area (Å²) in [7, 11) is 0. The lowest BCUT2D eigenvalue weighted by molar-refractivity contribution is -0.143. The van der Waals surface area contributed by atoms with E-state index in [1.807, 2.05) is 63.2 Å². The van der Waals surface area contributed by atoms with Gasteiger partial charge in [0.2, 0.25) is 5.91 Å². The van der Waals surface area contributed by atoms with Crippen LogP contribution in [0.1, 0.15) is 68.3 Å². The maximum absolute atomic E-state index is 13.8. The molecule has 0 bridgehead atoms. The molecule has 0 heterocycles. The van der Waals surface area contributed by atoms with Crippen LogP contribution in [0.2, 0.25) is 0 Å². The molecule has 1 aliphatic carbocycles.